The smallest absolute Gasteiger partial charge is 0.119 e. The van der Waals surface area contributed by atoms with Crippen LogP contribution in [0.15, 0.2) is 78.9 Å². The van der Waals surface area contributed by atoms with E-state index >= 15 is 0 Å². The largest absolute Gasteiger partial charge is 0.494 e. The maximum absolute atomic E-state index is 5.88. The standard InChI is InChI=1S/C23H26N2O2.2ClH/c24-20-6-10-22(11-7-20)26-16-14-19(18-4-2-1-3-5-18)15-17-27-23-12-8-21(25)9-13-23;;/h1-13,19H,14-17,24-25H2;2*1H. The minimum Gasteiger partial charge on any atom is -0.494 e. The van der Waals surface area contributed by atoms with Gasteiger partial charge in [0.2, 0.25) is 0 Å². The topological polar surface area (TPSA) is 70.5 Å². The van der Waals surface area contributed by atoms with Gasteiger partial charge in [0.05, 0.1) is 13.2 Å². The van der Waals surface area contributed by atoms with Gasteiger partial charge in [-0.3, -0.25) is 0 Å². The molecule has 29 heavy (non-hydrogen) atoms. The average Bonchev–Trinajstić information content (AvgIpc) is 2.70. The molecule has 0 fully saturated rings. The zero-order valence-corrected chi connectivity index (χ0v) is 17.8. The lowest BCUT2D eigenvalue weighted by atomic mass is 9.93. The summed E-state index contributed by atoms with van der Waals surface area (Å²) in [4.78, 5) is 0. The Bertz CT molecular complexity index is 761. The lowest BCUT2D eigenvalue weighted by Crippen LogP contribution is -2.10. The number of nitrogens with two attached hydrogens (primary N) is 2. The fourth-order valence-electron chi connectivity index (χ4n) is 2.97. The third-order valence-electron chi connectivity index (χ3n) is 4.50. The van der Waals surface area contributed by atoms with Crippen LogP contribution in [0.1, 0.15) is 24.3 Å². The van der Waals surface area contributed by atoms with Crippen molar-refractivity contribution in [3.05, 3.63) is 84.4 Å². The van der Waals surface area contributed by atoms with Gasteiger partial charge >= 0.3 is 0 Å². The van der Waals surface area contributed by atoms with Gasteiger partial charge in [0.25, 0.3) is 0 Å². The van der Waals surface area contributed by atoms with Gasteiger partial charge in [0.1, 0.15) is 11.5 Å². The summed E-state index contributed by atoms with van der Waals surface area (Å²) in [6, 6.07) is 25.5. The van der Waals surface area contributed by atoms with Crippen molar-refractivity contribution in [1.82, 2.24) is 0 Å². The number of rotatable bonds is 9. The van der Waals surface area contributed by atoms with Crippen LogP contribution >= 0.6 is 24.8 Å². The second-order valence-electron chi connectivity index (χ2n) is 6.52. The Hall–Kier alpha value is -2.56. The predicted molar refractivity (Wildman–Crippen MR) is 126 cm³/mol. The van der Waals surface area contributed by atoms with Crippen molar-refractivity contribution < 1.29 is 9.47 Å². The van der Waals surface area contributed by atoms with Crippen molar-refractivity contribution in [2.45, 2.75) is 18.8 Å². The van der Waals surface area contributed by atoms with Crippen LogP contribution in [-0.2, 0) is 0 Å². The van der Waals surface area contributed by atoms with Gasteiger partial charge in [-0.1, -0.05) is 30.3 Å². The van der Waals surface area contributed by atoms with Crippen molar-refractivity contribution >= 4 is 36.2 Å². The Morgan fingerprint density at radius 2 is 1.00 bits per heavy atom. The predicted octanol–water partition coefficient (Wildman–Crippen LogP) is 5.72. The normalized spacial score (nSPS) is 9.97. The number of hydrogen-bond acceptors (Lipinski definition) is 4. The first-order chi connectivity index (χ1) is 13.2. The van der Waals surface area contributed by atoms with Gasteiger partial charge < -0.3 is 20.9 Å². The molecule has 0 atom stereocenters. The van der Waals surface area contributed by atoms with Gasteiger partial charge in [-0.15, -0.1) is 24.8 Å². The molecule has 3 aromatic carbocycles. The lowest BCUT2D eigenvalue weighted by molar-refractivity contribution is 0.264. The van der Waals surface area contributed by atoms with Crippen LogP contribution in [0.5, 0.6) is 11.5 Å². The second-order valence-corrected chi connectivity index (χ2v) is 6.52. The van der Waals surface area contributed by atoms with Crippen LogP contribution < -0.4 is 20.9 Å². The molecular formula is C23H28Cl2N2O2. The number of hydrogen-bond donors (Lipinski definition) is 2. The molecule has 156 valence electrons. The summed E-state index contributed by atoms with van der Waals surface area (Å²) in [5.74, 6) is 2.05. The third kappa shape index (κ3) is 8.14. The highest BCUT2D eigenvalue weighted by Crippen LogP contribution is 2.25. The van der Waals surface area contributed by atoms with Crippen molar-refractivity contribution in [3.63, 3.8) is 0 Å². The molecule has 0 aliphatic carbocycles. The van der Waals surface area contributed by atoms with Gasteiger partial charge in [-0.2, -0.15) is 0 Å². The molecule has 0 aromatic heterocycles. The van der Waals surface area contributed by atoms with Crippen molar-refractivity contribution in [1.29, 1.82) is 0 Å². The number of benzene rings is 3. The Kier molecular flexibility index (Phi) is 10.8. The van der Waals surface area contributed by atoms with E-state index in [0.717, 1.165) is 35.7 Å². The first-order valence-electron chi connectivity index (χ1n) is 9.22. The van der Waals surface area contributed by atoms with E-state index in [1.54, 1.807) is 0 Å². The van der Waals surface area contributed by atoms with E-state index in [-0.39, 0.29) is 24.8 Å². The molecule has 0 unspecified atom stereocenters. The molecule has 6 heteroatoms. The number of ether oxygens (including phenoxy) is 2. The van der Waals surface area contributed by atoms with E-state index in [1.165, 1.54) is 5.56 Å². The summed E-state index contributed by atoms with van der Waals surface area (Å²) >= 11 is 0. The average molecular weight is 435 g/mol. The molecule has 0 saturated carbocycles. The minimum absolute atomic E-state index is 0. The lowest BCUT2D eigenvalue weighted by Gasteiger charge is -2.18. The van der Waals surface area contributed by atoms with Gasteiger partial charge in [-0.25, -0.2) is 0 Å². The van der Waals surface area contributed by atoms with Gasteiger partial charge in [0.15, 0.2) is 0 Å². The summed E-state index contributed by atoms with van der Waals surface area (Å²) in [5.41, 5.74) is 14.2. The van der Waals surface area contributed by atoms with Crippen LogP contribution in [0.25, 0.3) is 0 Å². The molecule has 0 heterocycles. The Labute approximate surface area is 185 Å². The zero-order valence-electron chi connectivity index (χ0n) is 16.2. The second kappa shape index (κ2) is 12.8. The molecule has 4 N–H and O–H groups in total. The fourth-order valence-corrected chi connectivity index (χ4v) is 2.97. The van der Waals surface area contributed by atoms with Crippen molar-refractivity contribution in [3.8, 4) is 11.5 Å². The van der Waals surface area contributed by atoms with Gasteiger partial charge in [-0.05, 0) is 72.9 Å². The Balaban J connectivity index is 0.00000210. The highest BCUT2D eigenvalue weighted by molar-refractivity contribution is 5.85. The maximum atomic E-state index is 5.88. The molecule has 3 rings (SSSR count). The zero-order chi connectivity index (χ0) is 18.9. The molecule has 3 aromatic rings. The molecular weight excluding hydrogens is 407 g/mol. The molecule has 0 amide bonds. The Morgan fingerprint density at radius 1 is 0.586 bits per heavy atom. The summed E-state index contributed by atoms with van der Waals surface area (Å²) in [7, 11) is 0. The summed E-state index contributed by atoms with van der Waals surface area (Å²) < 4.78 is 11.8. The van der Waals surface area contributed by atoms with Crippen molar-refractivity contribution in [2.24, 2.45) is 0 Å². The van der Waals surface area contributed by atoms with Gasteiger partial charge in [0, 0.05) is 11.4 Å². The van der Waals surface area contributed by atoms with Crippen molar-refractivity contribution in [2.75, 3.05) is 24.7 Å². The van der Waals surface area contributed by atoms with Crippen LogP contribution in [0.2, 0.25) is 0 Å². The van der Waals surface area contributed by atoms with E-state index in [0.29, 0.717) is 19.1 Å². The molecule has 0 saturated heterocycles. The maximum Gasteiger partial charge on any atom is 0.119 e. The summed E-state index contributed by atoms with van der Waals surface area (Å²) in [5, 5.41) is 0. The third-order valence-corrected chi connectivity index (χ3v) is 4.50. The highest BCUT2D eigenvalue weighted by atomic mass is 35.5. The van der Waals surface area contributed by atoms with E-state index < -0.39 is 0 Å². The van der Waals surface area contributed by atoms with Crippen LogP contribution in [0.4, 0.5) is 11.4 Å². The monoisotopic (exact) mass is 434 g/mol. The first-order valence-corrected chi connectivity index (χ1v) is 9.22. The van der Waals surface area contributed by atoms with Crippen LogP contribution in [0.3, 0.4) is 0 Å². The Morgan fingerprint density at radius 3 is 1.41 bits per heavy atom. The SMILES string of the molecule is Cl.Cl.Nc1ccc(OCCC(CCOc2ccc(N)cc2)c2ccccc2)cc1. The number of anilines is 2. The highest BCUT2D eigenvalue weighted by Gasteiger charge is 2.12. The molecule has 0 spiro atoms. The van der Waals surface area contributed by atoms with E-state index in [4.69, 9.17) is 20.9 Å². The number of halogens is 2. The van der Waals surface area contributed by atoms with E-state index in [2.05, 4.69) is 24.3 Å². The summed E-state index contributed by atoms with van der Waals surface area (Å²) in [6.45, 7) is 1.29. The minimum atomic E-state index is 0. The molecule has 0 bridgehead atoms. The van der Waals surface area contributed by atoms with Crippen LogP contribution in [-0.4, -0.2) is 13.2 Å². The molecule has 4 nitrogen and oxygen atoms in total. The molecule has 0 aliphatic rings. The quantitative estimate of drug-likeness (QED) is 0.422. The van der Waals surface area contributed by atoms with E-state index in [9.17, 15) is 0 Å². The first kappa shape index (κ1) is 24.5. The van der Waals surface area contributed by atoms with E-state index in [1.807, 2.05) is 54.6 Å². The fraction of sp³-hybridized carbons (Fsp3) is 0.217. The molecule has 0 aliphatic heterocycles. The summed E-state index contributed by atoms with van der Waals surface area (Å²) in [6.07, 6.45) is 1.83. The molecule has 0 radical (unpaired) electrons. The van der Waals surface area contributed by atoms with Crippen LogP contribution in [0, 0.1) is 0 Å². The number of nitrogen functional groups attached to an aromatic ring is 2.